The van der Waals surface area contributed by atoms with Gasteiger partial charge in [-0.25, -0.2) is 4.98 Å². The summed E-state index contributed by atoms with van der Waals surface area (Å²) in [7, 11) is 4.46. The Morgan fingerprint density at radius 1 is 0.946 bits per heavy atom. The molecule has 2 heterocycles. The smallest absolute Gasteiger partial charge is 0.301 e. The molecule has 3 aromatic carbocycles. The molecule has 1 unspecified atom stereocenters. The number of aliphatic hydroxyl groups is 1. The Bertz CT molecular complexity index is 1530. The molecule has 0 saturated carbocycles. The first-order valence-corrected chi connectivity index (χ1v) is 12.2. The third-order valence-electron chi connectivity index (χ3n) is 6.23. The van der Waals surface area contributed by atoms with Gasteiger partial charge in [-0.05, 0) is 42.3 Å². The molecule has 37 heavy (non-hydrogen) atoms. The van der Waals surface area contributed by atoms with E-state index in [1.165, 1.54) is 37.6 Å². The Labute approximate surface area is 217 Å². The molecule has 1 aliphatic rings. The first-order chi connectivity index (χ1) is 17.9. The van der Waals surface area contributed by atoms with Crippen LogP contribution in [0.4, 0.5) is 5.13 Å². The third kappa shape index (κ3) is 4.07. The lowest BCUT2D eigenvalue weighted by atomic mass is 9.95. The fraction of sp³-hybridized carbons (Fsp3) is 0.179. The van der Waals surface area contributed by atoms with E-state index < -0.39 is 17.7 Å². The summed E-state index contributed by atoms with van der Waals surface area (Å²) in [6.07, 6.45) is 0. The van der Waals surface area contributed by atoms with Gasteiger partial charge in [-0.2, -0.15) is 0 Å². The van der Waals surface area contributed by atoms with Crippen molar-refractivity contribution < 1.29 is 28.9 Å². The average molecular weight is 517 g/mol. The highest BCUT2D eigenvalue weighted by atomic mass is 32.1. The average Bonchev–Trinajstić information content (AvgIpc) is 3.45. The molecule has 0 bridgehead atoms. The topological polar surface area (TPSA) is 98.2 Å². The minimum Gasteiger partial charge on any atom is -0.507 e. The quantitative estimate of drug-likeness (QED) is 0.212. The van der Waals surface area contributed by atoms with Crippen LogP contribution in [-0.4, -0.2) is 43.1 Å². The number of thiazole rings is 1. The SMILES string of the molecule is COc1cc(C2C(=C(O)c3ccccc3)C(=O)C(=O)N2c2nc3ccc(C)cc3s2)cc(OC)c1OC. The van der Waals surface area contributed by atoms with Gasteiger partial charge in [0.25, 0.3) is 5.78 Å². The lowest BCUT2D eigenvalue weighted by Gasteiger charge is -2.24. The number of carbonyl (C=O) groups is 2. The number of hydrogen-bond acceptors (Lipinski definition) is 8. The van der Waals surface area contributed by atoms with Crippen molar-refractivity contribution >= 4 is 44.1 Å². The number of aliphatic hydroxyl groups excluding tert-OH is 1. The number of anilines is 1. The number of aromatic nitrogens is 1. The normalized spacial score (nSPS) is 16.9. The van der Waals surface area contributed by atoms with Crippen molar-refractivity contribution in [2.24, 2.45) is 0 Å². The Balaban J connectivity index is 1.79. The highest BCUT2D eigenvalue weighted by Gasteiger charge is 2.48. The first kappa shape index (κ1) is 24.3. The molecule has 188 valence electrons. The van der Waals surface area contributed by atoms with E-state index in [2.05, 4.69) is 4.98 Å². The molecule has 1 aliphatic heterocycles. The Morgan fingerprint density at radius 2 is 1.62 bits per heavy atom. The molecule has 1 saturated heterocycles. The number of methoxy groups -OCH3 is 3. The molecule has 1 atom stereocenters. The second-order valence-corrected chi connectivity index (χ2v) is 9.47. The summed E-state index contributed by atoms with van der Waals surface area (Å²) in [5.74, 6) is -0.812. The van der Waals surface area contributed by atoms with Gasteiger partial charge in [0.15, 0.2) is 16.6 Å². The molecule has 1 aromatic heterocycles. The molecule has 1 N–H and O–H groups in total. The fourth-order valence-corrected chi connectivity index (χ4v) is 5.57. The van der Waals surface area contributed by atoms with Crippen LogP contribution in [0.15, 0.2) is 66.2 Å². The maximum Gasteiger partial charge on any atom is 0.301 e. The van der Waals surface area contributed by atoms with Crippen LogP contribution in [0.2, 0.25) is 0 Å². The van der Waals surface area contributed by atoms with E-state index in [-0.39, 0.29) is 11.3 Å². The van der Waals surface area contributed by atoms with Crippen LogP contribution in [0.5, 0.6) is 17.2 Å². The van der Waals surface area contributed by atoms with Gasteiger partial charge >= 0.3 is 5.91 Å². The Hall–Kier alpha value is -4.37. The van der Waals surface area contributed by atoms with E-state index >= 15 is 0 Å². The summed E-state index contributed by atoms with van der Waals surface area (Å²) in [6.45, 7) is 1.97. The maximum absolute atomic E-state index is 13.5. The predicted molar refractivity (Wildman–Crippen MR) is 142 cm³/mol. The van der Waals surface area contributed by atoms with Gasteiger partial charge in [0, 0.05) is 5.56 Å². The molecule has 1 amide bonds. The van der Waals surface area contributed by atoms with Crippen LogP contribution in [0.25, 0.3) is 16.0 Å². The predicted octanol–water partition coefficient (Wildman–Crippen LogP) is 5.26. The molecular weight excluding hydrogens is 492 g/mol. The molecular formula is C28H24N2O6S. The van der Waals surface area contributed by atoms with Crippen LogP contribution in [0.1, 0.15) is 22.7 Å². The first-order valence-electron chi connectivity index (χ1n) is 11.4. The second-order valence-electron chi connectivity index (χ2n) is 8.46. The van der Waals surface area contributed by atoms with Crippen molar-refractivity contribution in [1.82, 2.24) is 4.98 Å². The van der Waals surface area contributed by atoms with Gasteiger partial charge in [-0.1, -0.05) is 47.7 Å². The highest BCUT2D eigenvalue weighted by molar-refractivity contribution is 7.22. The van der Waals surface area contributed by atoms with E-state index in [4.69, 9.17) is 14.2 Å². The van der Waals surface area contributed by atoms with E-state index in [1.54, 1.807) is 42.5 Å². The van der Waals surface area contributed by atoms with Crippen molar-refractivity contribution in [3.05, 3.63) is 82.9 Å². The molecule has 0 aliphatic carbocycles. The lowest BCUT2D eigenvalue weighted by Crippen LogP contribution is -2.29. The van der Waals surface area contributed by atoms with Gasteiger partial charge in [-0.3, -0.25) is 14.5 Å². The van der Waals surface area contributed by atoms with Crippen LogP contribution < -0.4 is 19.1 Å². The van der Waals surface area contributed by atoms with E-state index in [0.29, 0.717) is 39.0 Å². The zero-order valence-corrected chi connectivity index (χ0v) is 21.5. The van der Waals surface area contributed by atoms with Crippen molar-refractivity contribution in [3.8, 4) is 17.2 Å². The molecule has 4 aromatic rings. The number of benzene rings is 3. The van der Waals surface area contributed by atoms with E-state index in [1.807, 2.05) is 25.1 Å². The molecule has 0 spiro atoms. The van der Waals surface area contributed by atoms with Crippen molar-refractivity contribution in [2.75, 3.05) is 26.2 Å². The van der Waals surface area contributed by atoms with Crippen LogP contribution in [-0.2, 0) is 9.59 Å². The summed E-state index contributed by atoms with van der Waals surface area (Å²) in [5.41, 5.74) is 2.61. The zero-order chi connectivity index (χ0) is 26.3. The van der Waals surface area contributed by atoms with Gasteiger partial charge in [0.1, 0.15) is 5.76 Å². The summed E-state index contributed by atoms with van der Waals surface area (Å²) in [5, 5.41) is 11.7. The summed E-state index contributed by atoms with van der Waals surface area (Å²) < 4.78 is 17.4. The summed E-state index contributed by atoms with van der Waals surface area (Å²) >= 11 is 1.30. The van der Waals surface area contributed by atoms with E-state index in [9.17, 15) is 14.7 Å². The van der Waals surface area contributed by atoms with Crippen molar-refractivity contribution in [3.63, 3.8) is 0 Å². The largest absolute Gasteiger partial charge is 0.507 e. The monoisotopic (exact) mass is 516 g/mol. The number of nitrogens with zero attached hydrogens (tertiary/aromatic N) is 2. The second kappa shape index (κ2) is 9.59. The number of carbonyl (C=O) groups excluding carboxylic acids is 2. The highest BCUT2D eigenvalue weighted by Crippen LogP contribution is 2.48. The number of amides is 1. The number of aryl methyl sites for hydroxylation is 1. The minimum absolute atomic E-state index is 0.0547. The van der Waals surface area contributed by atoms with Gasteiger partial charge in [-0.15, -0.1) is 0 Å². The van der Waals surface area contributed by atoms with Crippen molar-refractivity contribution in [2.45, 2.75) is 13.0 Å². The fourth-order valence-electron chi connectivity index (χ4n) is 4.48. The number of rotatable bonds is 6. The van der Waals surface area contributed by atoms with E-state index in [0.717, 1.165) is 10.3 Å². The number of fused-ring (bicyclic) bond motifs is 1. The van der Waals surface area contributed by atoms with Gasteiger partial charge in [0.2, 0.25) is 5.75 Å². The summed E-state index contributed by atoms with van der Waals surface area (Å²) in [6, 6.07) is 16.8. The van der Waals surface area contributed by atoms with Gasteiger partial charge < -0.3 is 19.3 Å². The van der Waals surface area contributed by atoms with Crippen LogP contribution in [0.3, 0.4) is 0 Å². The maximum atomic E-state index is 13.5. The Morgan fingerprint density at radius 3 is 2.24 bits per heavy atom. The number of ketones is 1. The third-order valence-corrected chi connectivity index (χ3v) is 7.25. The number of hydrogen-bond donors (Lipinski definition) is 1. The standard InChI is InChI=1S/C28H24N2O6S/c1-15-10-11-18-21(12-15)37-28(29-18)30-23(17-13-19(34-2)26(36-4)20(14-17)35-3)22(25(32)27(30)33)24(31)16-8-6-5-7-9-16/h5-14,23,31H,1-4H3. The van der Waals surface area contributed by atoms with Crippen LogP contribution >= 0.6 is 11.3 Å². The molecule has 9 heteroatoms. The molecule has 0 radical (unpaired) electrons. The molecule has 8 nitrogen and oxygen atoms in total. The number of Topliss-reactive ketones (excluding diaryl/α,β-unsaturated/α-hetero) is 1. The molecule has 5 rings (SSSR count). The number of ether oxygens (including phenoxy) is 3. The minimum atomic E-state index is -0.990. The zero-order valence-electron chi connectivity index (χ0n) is 20.6. The van der Waals surface area contributed by atoms with Gasteiger partial charge in [0.05, 0.1) is 43.2 Å². The van der Waals surface area contributed by atoms with Crippen LogP contribution in [0, 0.1) is 6.92 Å². The molecule has 1 fully saturated rings. The lowest BCUT2D eigenvalue weighted by molar-refractivity contribution is -0.132. The Kier molecular flexibility index (Phi) is 6.31. The summed E-state index contributed by atoms with van der Waals surface area (Å²) in [4.78, 5) is 33.0. The van der Waals surface area contributed by atoms with Crippen molar-refractivity contribution in [1.29, 1.82) is 0 Å².